The molecular formula is C21H23N3OS. The Hall–Kier alpha value is -2.66. The van der Waals surface area contributed by atoms with E-state index in [4.69, 9.17) is 4.98 Å². The lowest BCUT2D eigenvalue weighted by Gasteiger charge is -2.16. The first-order valence-corrected chi connectivity index (χ1v) is 9.67. The van der Waals surface area contributed by atoms with E-state index in [1.54, 1.807) is 11.3 Å². The average Bonchev–Trinajstić information content (AvgIpc) is 3.13. The van der Waals surface area contributed by atoms with Crippen LogP contribution in [-0.4, -0.2) is 24.0 Å². The molecule has 0 saturated carbocycles. The van der Waals surface area contributed by atoms with E-state index in [1.165, 1.54) is 0 Å². The van der Waals surface area contributed by atoms with E-state index in [0.29, 0.717) is 5.56 Å². The molecule has 134 valence electrons. The van der Waals surface area contributed by atoms with Crippen molar-refractivity contribution < 1.29 is 4.79 Å². The number of aryl methyl sites for hydroxylation is 1. The molecule has 3 rings (SSSR count). The molecule has 1 amide bonds. The van der Waals surface area contributed by atoms with Crippen LogP contribution >= 0.6 is 11.3 Å². The van der Waals surface area contributed by atoms with Gasteiger partial charge in [0, 0.05) is 35.3 Å². The molecule has 0 unspecified atom stereocenters. The first-order chi connectivity index (χ1) is 12.6. The number of amides is 1. The number of carbonyl (C=O) groups excluding carboxylic acids is 1. The topological polar surface area (TPSA) is 45.2 Å². The monoisotopic (exact) mass is 365 g/mol. The summed E-state index contributed by atoms with van der Waals surface area (Å²) in [4.78, 5) is 19.4. The zero-order chi connectivity index (χ0) is 18.5. The van der Waals surface area contributed by atoms with Gasteiger partial charge in [0.25, 0.3) is 5.91 Å². The molecule has 26 heavy (non-hydrogen) atoms. The Morgan fingerprint density at radius 3 is 2.54 bits per heavy atom. The molecule has 0 aliphatic rings. The minimum Gasteiger partial charge on any atom is -0.349 e. The van der Waals surface area contributed by atoms with Crippen molar-refractivity contribution in [3.8, 4) is 11.3 Å². The molecule has 1 N–H and O–H groups in total. The maximum atomic E-state index is 12.4. The van der Waals surface area contributed by atoms with Crippen molar-refractivity contribution in [1.82, 2.24) is 4.98 Å². The molecule has 0 bridgehead atoms. The van der Waals surface area contributed by atoms with Crippen LogP contribution in [0.15, 0.2) is 53.9 Å². The Labute approximate surface area is 158 Å². The molecular weight excluding hydrogens is 342 g/mol. The lowest BCUT2D eigenvalue weighted by atomic mass is 10.1. The number of anilines is 2. The van der Waals surface area contributed by atoms with Gasteiger partial charge in [0.05, 0.1) is 5.69 Å². The summed E-state index contributed by atoms with van der Waals surface area (Å²) in [5.41, 5.74) is 4.49. The summed E-state index contributed by atoms with van der Waals surface area (Å²) in [7, 11) is 0. The van der Waals surface area contributed by atoms with Crippen molar-refractivity contribution in [2.24, 2.45) is 0 Å². The third-order valence-corrected chi connectivity index (χ3v) is 5.16. The number of nitrogens with zero attached hydrogens (tertiary/aromatic N) is 2. The maximum absolute atomic E-state index is 12.4. The Kier molecular flexibility index (Phi) is 5.68. The summed E-state index contributed by atoms with van der Waals surface area (Å²) in [6.45, 7) is 8.15. The van der Waals surface area contributed by atoms with Crippen LogP contribution in [0.1, 0.15) is 29.8 Å². The first-order valence-electron chi connectivity index (χ1n) is 8.79. The van der Waals surface area contributed by atoms with E-state index in [9.17, 15) is 4.79 Å². The highest BCUT2D eigenvalue weighted by Gasteiger charge is 2.11. The minimum absolute atomic E-state index is 0.107. The first kappa shape index (κ1) is 18.1. The molecule has 0 saturated heterocycles. The standard InChI is InChI=1S/C21H23N3OS/c1-4-24(5-2)21-23-19(14-26-21)17-7-6-8-18(13-17)22-20(25)16-11-9-15(3)10-12-16/h6-14H,4-5H2,1-3H3,(H,22,25). The second-order valence-corrected chi connectivity index (χ2v) is 6.93. The van der Waals surface area contributed by atoms with Gasteiger partial charge in [-0.25, -0.2) is 4.98 Å². The number of hydrogen-bond acceptors (Lipinski definition) is 4. The van der Waals surface area contributed by atoms with Crippen molar-refractivity contribution in [3.63, 3.8) is 0 Å². The molecule has 3 aromatic rings. The van der Waals surface area contributed by atoms with Gasteiger partial charge in [0.15, 0.2) is 5.13 Å². The van der Waals surface area contributed by atoms with Gasteiger partial charge < -0.3 is 10.2 Å². The summed E-state index contributed by atoms with van der Waals surface area (Å²) in [5, 5.41) is 6.06. The molecule has 0 aliphatic heterocycles. The zero-order valence-corrected chi connectivity index (χ0v) is 16.1. The van der Waals surface area contributed by atoms with Gasteiger partial charge in [0.1, 0.15) is 0 Å². The van der Waals surface area contributed by atoms with Crippen LogP contribution in [0.25, 0.3) is 11.3 Å². The van der Waals surface area contributed by atoms with Crippen LogP contribution in [0.2, 0.25) is 0 Å². The molecule has 0 aliphatic carbocycles. The predicted molar refractivity (Wildman–Crippen MR) is 110 cm³/mol. The molecule has 0 fully saturated rings. The van der Waals surface area contributed by atoms with Crippen LogP contribution in [0.5, 0.6) is 0 Å². The quantitative estimate of drug-likeness (QED) is 0.651. The predicted octanol–water partition coefficient (Wildman–Crippen LogP) is 5.22. The summed E-state index contributed by atoms with van der Waals surface area (Å²) in [6.07, 6.45) is 0. The van der Waals surface area contributed by atoms with Gasteiger partial charge in [-0.05, 0) is 45.0 Å². The van der Waals surface area contributed by atoms with E-state index >= 15 is 0 Å². The lowest BCUT2D eigenvalue weighted by molar-refractivity contribution is 0.102. The van der Waals surface area contributed by atoms with E-state index < -0.39 is 0 Å². The molecule has 1 heterocycles. The van der Waals surface area contributed by atoms with Gasteiger partial charge in [0.2, 0.25) is 0 Å². The third kappa shape index (κ3) is 4.11. The van der Waals surface area contributed by atoms with Gasteiger partial charge in [-0.1, -0.05) is 29.8 Å². The van der Waals surface area contributed by atoms with E-state index in [1.807, 2.05) is 55.5 Å². The fourth-order valence-corrected chi connectivity index (χ4v) is 3.66. The second kappa shape index (κ2) is 8.15. The summed E-state index contributed by atoms with van der Waals surface area (Å²) < 4.78 is 0. The van der Waals surface area contributed by atoms with Crippen LogP contribution < -0.4 is 10.2 Å². The smallest absolute Gasteiger partial charge is 0.255 e. The summed E-state index contributed by atoms with van der Waals surface area (Å²) >= 11 is 1.65. The fraction of sp³-hybridized carbons (Fsp3) is 0.238. The van der Waals surface area contributed by atoms with Crippen molar-refractivity contribution in [2.45, 2.75) is 20.8 Å². The van der Waals surface area contributed by atoms with Crippen LogP contribution in [0.4, 0.5) is 10.8 Å². The van der Waals surface area contributed by atoms with Gasteiger partial charge in [-0.3, -0.25) is 4.79 Å². The van der Waals surface area contributed by atoms with Crippen LogP contribution in [0, 0.1) is 6.92 Å². The molecule has 0 radical (unpaired) electrons. The Morgan fingerprint density at radius 1 is 1.12 bits per heavy atom. The van der Waals surface area contributed by atoms with Crippen molar-refractivity contribution in [3.05, 3.63) is 65.0 Å². The second-order valence-electron chi connectivity index (χ2n) is 6.09. The molecule has 0 spiro atoms. The molecule has 0 atom stereocenters. The highest BCUT2D eigenvalue weighted by atomic mass is 32.1. The average molecular weight is 366 g/mol. The number of nitrogens with one attached hydrogen (secondary N) is 1. The zero-order valence-electron chi connectivity index (χ0n) is 15.3. The number of aromatic nitrogens is 1. The van der Waals surface area contributed by atoms with Crippen LogP contribution in [0.3, 0.4) is 0 Å². The lowest BCUT2D eigenvalue weighted by Crippen LogP contribution is -2.21. The summed E-state index contributed by atoms with van der Waals surface area (Å²) in [5.74, 6) is -0.107. The number of thiazole rings is 1. The van der Waals surface area contributed by atoms with E-state index in [2.05, 4.69) is 29.4 Å². The number of benzene rings is 2. The number of hydrogen-bond donors (Lipinski definition) is 1. The number of rotatable bonds is 6. The van der Waals surface area contributed by atoms with Gasteiger partial charge >= 0.3 is 0 Å². The molecule has 4 nitrogen and oxygen atoms in total. The summed E-state index contributed by atoms with van der Waals surface area (Å²) in [6, 6.07) is 15.4. The number of carbonyl (C=O) groups is 1. The Morgan fingerprint density at radius 2 is 1.85 bits per heavy atom. The van der Waals surface area contributed by atoms with Crippen LogP contribution in [-0.2, 0) is 0 Å². The van der Waals surface area contributed by atoms with Gasteiger partial charge in [-0.15, -0.1) is 11.3 Å². The normalized spacial score (nSPS) is 10.6. The maximum Gasteiger partial charge on any atom is 0.255 e. The highest BCUT2D eigenvalue weighted by molar-refractivity contribution is 7.14. The van der Waals surface area contributed by atoms with E-state index in [-0.39, 0.29) is 5.91 Å². The SMILES string of the molecule is CCN(CC)c1nc(-c2cccc(NC(=O)c3ccc(C)cc3)c2)cs1. The minimum atomic E-state index is -0.107. The largest absolute Gasteiger partial charge is 0.349 e. The van der Waals surface area contributed by atoms with Crippen molar-refractivity contribution in [1.29, 1.82) is 0 Å². The van der Waals surface area contributed by atoms with Crippen molar-refractivity contribution in [2.75, 3.05) is 23.3 Å². The Bertz CT molecular complexity index is 882. The Balaban J connectivity index is 1.78. The van der Waals surface area contributed by atoms with E-state index in [0.717, 1.165) is 40.7 Å². The molecule has 2 aromatic carbocycles. The van der Waals surface area contributed by atoms with Gasteiger partial charge in [-0.2, -0.15) is 0 Å². The molecule has 1 aromatic heterocycles. The third-order valence-electron chi connectivity index (χ3n) is 4.26. The molecule has 5 heteroatoms. The van der Waals surface area contributed by atoms with Crippen molar-refractivity contribution >= 4 is 28.1 Å². The fourth-order valence-electron chi connectivity index (χ4n) is 2.70. The highest BCUT2D eigenvalue weighted by Crippen LogP contribution is 2.28.